The lowest BCUT2D eigenvalue weighted by Gasteiger charge is -2.28. The number of esters is 1. The van der Waals surface area contributed by atoms with Crippen molar-refractivity contribution in [1.82, 2.24) is 4.90 Å². The summed E-state index contributed by atoms with van der Waals surface area (Å²) in [6.07, 6.45) is 4.39. The quantitative estimate of drug-likeness (QED) is 0.384. The number of sulfone groups is 1. The van der Waals surface area contributed by atoms with Crippen LogP contribution in [-0.2, 0) is 24.1 Å². The van der Waals surface area contributed by atoms with Crippen molar-refractivity contribution in [2.24, 2.45) is 0 Å². The Hall–Kier alpha value is -1.58. The highest BCUT2D eigenvalue weighted by molar-refractivity contribution is 7.99. The van der Waals surface area contributed by atoms with Crippen LogP contribution in [0.1, 0.15) is 49.4 Å². The maximum absolute atomic E-state index is 12.8. The van der Waals surface area contributed by atoms with Gasteiger partial charge in [0.15, 0.2) is 16.4 Å². The van der Waals surface area contributed by atoms with Gasteiger partial charge in [-0.05, 0) is 37.8 Å². The van der Waals surface area contributed by atoms with Gasteiger partial charge in [0.2, 0.25) is 0 Å². The second-order valence-corrected chi connectivity index (χ2v) is 11.3. The molecule has 0 saturated carbocycles. The zero-order chi connectivity index (χ0) is 22.3. The van der Waals surface area contributed by atoms with Crippen molar-refractivity contribution in [1.29, 1.82) is 0 Å². The number of nitrogens with zero attached hydrogens (tertiary/aromatic N) is 1. The third kappa shape index (κ3) is 6.95. The molecule has 0 aliphatic carbocycles. The van der Waals surface area contributed by atoms with Gasteiger partial charge < -0.3 is 14.4 Å². The van der Waals surface area contributed by atoms with Gasteiger partial charge in [0, 0.05) is 29.8 Å². The summed E-state index contributed by atoms with van der Waals surface area (Å²) < 4.78 is 34.7. The van der Waals surface area contributed by atoms with E-state index in [-0.39, 0.29) is 36.2 Å². The maximum atomic E-state index is 12.8. The van der Waals surface area contributed by atoms with Crippen LogP contribution in [0.25, 0.3) is 0 Å². The van der Waals surface area contributed by atoms with Crippen molar-refractivity contribution in [3.63, 3.8) is 0 Å². The fraction of sp³-hybridized carbons (Fsp3) is 0.636. The zero-order valence-corrected chi connectivity index (χ0v) is 19.6. The Bertz CT molecular complexity index is 867. The van der Waals surface area contributed by atoms with Crippen molar-refractivity contribution < 1.29 is 27.5 Å². The normalized spacial score (nSPS) is 22.4. The lowest BCUT2D eigenvalue weighted by Crippen LogP contribution is -2.43. The van der Waals surface area contributed by atoms with Crippen molar-refractivity contribution in [2.75, 3.05) is 37.0 Å². The molecular formula is C22H31NO6S2. The van der Waals surface area contributed by atoms with Crippen LogP contribution in [0, 0.1) is 0 Å². The lowest BCUT2D eigenvalue weighted by molar-refractivity contribution is -0.136. The van der Waals surface area contributed by atoms with E-state index in [9.17, 15) is 18.0 Å². The molecule has 3 rings (SSSR count). The predicted octanol–water partition coefficient (Wildman–Crippen LogP) is 2.93. The van der Waals surface area contributed by atoms with Crippen LogP contribution in [0.15, 0.2) is 29.2 Å². The second-order valence-electron chi connectivity index (χ2n) is 8.02. The summed E-state index contributed by atoms with van der Waals surface area (Å²) in [5.74, 6) is -0.0296. The van der Waals surface area contributed by atoms with Crippen LogP contribution in [0.5, 0.6) is 0 Å². The van der Waals surface area contributed by atoms with Crippen LogP contribution in [0.3, 0.4) is 0 Å². The van der Waals surface area contributed by atoms with Crippen LogP contribution in [0.2, 0.25) is 0 Å². The van der Waals surface area contributed by atoms with E-state index in [0.29, 0.717) is 18.5 Å². The van der Waals surface area contributed by atoms with Gasteiger partial charge in [-0.15, -0.1) is 11.8 Å². The number of hydrogen-bond donors (Lipinski definition) is 0. The highest BCUT2D eigenvalue weighted by Crippen LogP contribution is 2.27. The summed E-state index contributed by atoms with van der Waals surface area (Å²) in [5.41, 5.74) is 0.432. The molecule has 0 bridgehead atoms. The summed E-state index contributed by atoms with van der Waals surface area (Å²) in [5, 5.41) is 0. The van der Waals surface area contributed by atoms with Gasteiger partial charge in [0.1, 0.15) is 0 Å². The Labute approximate surface area is 188 Å². The van der Waals surface area contributed by atoms with E-state index in [2.05, 4.69) is 0 Å². The number of unbranched alkanes of at least 4 members (excludes halogenated alkanes) is 1. The molecule has 2 atom stereocenters. The predicted molar refractivity (Wildman–Crippen MR) is 120 cm³/mol. The number of thioether (sulfide) groups is 1. The van der Waals surface area contributed by atoms with E-state index in [4.69, 9.17) is 9.47 Å². The third-order valence-corrected chi connectivity index (χ3v) is 8.56. The van der Waals surface area contributed by atoms with Crippen molar-refractivity contribution in [3.8, 4) is 0 Å². The summed E-state index contributed by atoms with van der Waals surface area (Å²) in [6.45, 7) is 2.89. The van der Waals surface area contributed by atoms with Crippen LogP contribution in [0.4, 0.5) is 0 Å². The highest BCUT2D eigenvalue weighted by atomic mass is 32.2. The van der Waals surface area contributed by atoms with E-state index in [1.54, 1.807) is 28.8 Å². The van der Waals surface area contributed by atoms with Crippen LogP contribution in [-0.4, -0.2) is 74.4 Å². The molecule has 2 unspecified atom stereocenters. The number of carbonyl (C=O) groups excluding carboxylic acids is 2. The molecule has 1 aromatic rings. The van der Waals surface area contributed by atoms with Gasteiger partial charge in [-0.1, -0.05) is 25.5 Å². The van der Waals surface area contributed by atoms with Crippen molar-refractivity contribution >= 4 is 33.5 Å². The van der Waals surface area contributed by atoms with Crippen molar-refractivity contribution in [3.05, 3.63) is 29.8 Å². The minimum Gasteiger partial charge on any atom is -0.452 e. The molecule has 172 valence electrons. The summed E-state index contributed by atoms with van der Waals surface area (Å²) >= 11 is 1.56. The van der Waals surface area contributed by atoms with Gasteiger partial charge in [-0.2, -0.15) is 0 Å². The van der Waals surface area contributed by atoms with Crippen LogP contribution < -0.4 is 0 Å². The Kier molecular flexibility index (Phi) is 8.80. The third-order valence-electron chi connectivity index (χ3n) is 5.60. The maximum Gasteiger partial charge on any atom is 0.339 e. The highest BCUT2D eigenvalue weighted by Gasteiger charge is 2.34. The minimum atomic E-state index is -3.11. The monoisotopic (exact) mass is 469 g/mol. The SMILES string of the molecule is CCCCN(C(=O)COC(=O)c1ccccc1SCC1CCCO1)C1CCS(=O)(=O)C1. The number of carbonyl (C=O) groups is 2. The van der Waals surface area contributed by atoms with Crippen molar-refractivity contribution in [2.45, 2.75) is 56.1 Å². The topological polar surface area (TPSA) is 90.0 Å². The molecule has 7 nitrogen and oxygen atoms in total. The zero-order valence-electron chi connectivity index (χ0n) is 18.0. The molecule has 2 saturated heterocycles. The Balaban J connectivity index is 1.58. The molecule has 1 aromatic carbocycles. The van der Waals surface area contributed by atoms with Gasteiger partial charge in [0.25, 0.3) is 5.91 Å². The fourth-order valence-electron chi connectivity index (χ4n) is 3.87. The molecule has 0 radical (unpaired) electrons. The van der Waals surface area contributed by atoms with E-state index in [0.717, 1.165) is 42.9 Å². The summed E-state index contributed by atoms with van der Waals surface area (Å²) in [6, 6.07) is 6.87. The Morgan fingerprint density at radius 1 is 1.26 bits per heavy atom. The molecule has 2 fully saturated rings. The van der Waals surface area contributed by atoms with Gasteiger partial charge in [-0.3, -0.25) is 4.79 Å². The molecular weight excluding hydrogens is 438 g/mol. The first-order chi connectivity index (χ1) is 14.9. The smallest absolute Gasteiger partial charge is 0.339 e. The number of benzene rings is 1. The van der Waals surface area contributed by atoms with E-state index < -0.39 is 15.8 Å². The van der Waals surface area contributed by atoms with Gasteiger partial charge >= 0.3 is 5.97 Å². The first kappa shape index (κ1) is 24.1. The Morgan fingerprint density at radius 3 is 2.74 bits per heavy atom. The fourth-order valence-corrected chi connectivity index (χ4v) is 6.71. The molecule has 9 heteroatoms. The average Bonchev–Trinajstić information content (AvgIpc) is 3.40. The van der Waals surface area contributed by atoms with E-state index >= 15 is 0 Å². The first-order valence-corrected chi connectivity index (χ1v) is 13.7. The average molecular weight is 470 g/mol. The molecule has 31 heavy (non-hydrogen) atoms. The molecule has 0 N–H and O–H groups in total. The lowest BCUT2D eigenvalue weighted by atomic mass is 10.2. The number of amides is 1. The standard InChI is InChI=1S/C22H31NO6S2/c1-2-3-11-23(17-10-13-31(26,27)16-17)21(24)14-29-22(25)19-8-4-5-9-20(19)30-15-18-7-6-12-28-18/h4-5,8-9,17-18H,2-3,6-7,10-16H2,1H3. The molecule has 1 amide bonds. The molecule has 0 spiro atoms. The number of ether oxygens (including phenoxy) is 2. The number of hydrogen-bond acceptors (Lipinski definition) is 7. The van der Waals surface area contributed by atoms with Gasteiger partial charge in [-0.25, -0.2) is 13.2 Å². The second kappa shape index (κ2) is 11.3. The molecule has 0 aromatic heterocycles. The molecule has 2 heterocycles. The summed E-state index contributed by atoms with van der Waals surface area (Å²) in [7, 11) is -3.11. The minimum absolute atomic E-state index is 0.0148. The van der Waals surface area contributed by atoms with E-state index in [1.807, 2.05) is 19.1 Å². The first-order valence-electron chi connectivity index (χ1n) is 10.9. The summed E-state index contributed by atoms with van der Waals surface area (Å²) in [4.78, 5) is 27.9. The largest absolute Gasteiger partial charge is 0.452 e. The molecule has 2 aliphatic rings. The van der Waals surface area contributed by atoms with E-state index in [1.165, 1.54) is 0 Å². The van der Waals surface area contributed by atoms with Crippen LogP contribution >= 0.6 is 11.8 Å². The molecule has 2 aliphatic heterocycles. The Morgan fingerprint density at radius 2 is 2.06 bits per heavy atom. The number of rotatable bonds is 10. The van der Waals surface area contributed by atoms with Gasteiger partial charge in [0.05, 0.1) is 23.2 Å².